The van der Waals surface area contributed by atoms with Gasteiger partial charge in [0.15, 0.2) is 5.75 Å². The predicted molar refractivity (Wildman–Crippen MR) is 72.9 cm³/mol. The molecule has 19 heavy (non-hydrogen) atoms. The summed E-state index contributed by atoms with van der Waals surface area (Å²) in [6.07, 6.45) is 1.64. The molecule has 5 heteroatoms. The Morgan fingerprint density at radius 1 is 1.21 bits per heavy atom. The van der Waals surface area contributed by atoms with E-state index in [0.717, 1.165) is 0 Å². The summed E-state index contributed by atoms with van der Waals surface area (Å²) in [6.45, 7) is 2.45. The molecule has 100 valence electrons. The summed E-state index contributed by atoms with van der Waals surface area (Å²) in [5.41, 5.74) is 6.33. The van der Waals surface area contributed by atoms with Gasteiger partial charge in [0.2, 0.25) is 0 Å². The van der Waals surface area contributed by atoms with Gasteiger partial charge in [0.25, 0.3) is 5.88 Å². The zero-order chi connectivity index (χ0) is 13.7. The van der Waals surface area contributed by atoms with Crippen LogP contribution in [0.25, 0.3) is 0 Å². The lowest BCUT2D eigenvalue weighted by Gasteiger charge is -2.11. The number of methoxy groups -OCH3 is 1. The van der Waals surface area contributed by atoms with Gasteiger partial charge in [-0.05, 0) is 31.2 Å². The molecule has 5 nitrogen and oxygen atoms in total. The highest BCUT2D eigenvalue weighted by Crippen LogP contribution is 2.32. The summed E-state index contributed by atoms with van der Waals surface area (Å²) in [7, 11) is 1.57. The van der Waals surface area contributed by atoms with E-state index in [2.05, 4.69) is 4.98 Å². The van der Waals surface area contributed by atoms with E-state index in [4.69, 9.17) is 19.9 Å². The van der Waals surface area contributed by atoms with Gasteiger partial charge < -0.3 is 19.9 Å². The number of benzene rings is 1. The Morgan fingerprint density at radius 2 is 2.05 bits per heavy atom. The van der Waals surface area contributed by atoms with E-state index in [9.17, 15) is 0 Å². The fraction of sp³-hybridized carbons (Fsp3) is 0.214. The number of nitrogen functional groups attached to an aromatic ring is 1. The molecule has 0 bridgehead atoms. The lowest BCUT2D eigenvalue weighted by molar-refractivity contribution is 0.316. The van der Waals surface area contributed by atoms with Crippen LogP contribution in [-0.4, -0.2) is 18.7 Å². The van der Waals surface area contributed by atoms with Crippen LogP contribution in [0.5, 0.6) is 23.1 Å². The van der Waals surface area contributed by atoms with Crippen LogP contribution >= 0.6 is 0 Å². The number of pyridine rings is 1. The fourth-order valence-corrected chi connectivity index (χ4v) is 1.61. The van der Waals surface area contributed by atoms with Crippen molar-refractivity contribution >= 4 is 5.69 Å². The molecular weight excluding hydrogens is 244 g/mol. The van der Waals surface area contributed by atoms with E-state index in [1.54, 1.807) is 43.6 Å². The maximum Gasteiger partial charge on any atom is 0.262 e. The first kappa shape index (κ1) is 13.0. The van der Waals surface area contributed by atoms with Crippen molar-refractivity contribution in [1.29, 1.82) is 0 Å². The summed E-state index contributed by atoms with van der Waals surface area (Å²) in [5, 5.41) is 0. The normalized spacial score (nSPS) is 10.0. The second kappa shape index (κ2) is 5.95. The molecule has 0 aliphatic rings. The SMILES string of the molecule is CCOc1cccnc1Oc1ccc(OC)c(N)c1. The van der Waals surface area contributed by atoms with Gasteiger partial charge in [0, 0.05) is 12.3 Å². The van der Waals surface area contributed by atoms with Crippen LogP contribution in [-0.2, 0) is 0 Å². The highest BCUT2D eigenvalue weighted by Gasteiger charge is 2.08. The Kier molecular flexibility index (Phi) is 4.07. The van der Waals surface area contributed by atoms with E-state index in [1.165, 1.54) is 0 Å². The highest BCUT2D eigenvalue weighted by molar-refractivity contribution is 5.56. The summed E-state index contributed by atoms with van der Waals surface area (Å²) < 4.78 is 16.2. The molecule has 2 N–H and O–H groups in total. The van der Waals surface area contributed by atoms with Crippen LogP contribution in [0.3, 0.4) is 0 Å². The van der Waals surface area contributed by atoms with Crippen LogP contribution < -0.4 is 19.9 Å². The van der Waals surface area contributed by atoms with Crippen molar-refractivity contribution in [3.63, 3.8) is 0 Å². The van der Waals surface area contributed by atoms with Gasteiger partial charge in [-0.2, -0.15) is 0 Å². The van der Waals surface area contributed by atoms with Crippen LogP contribution in [0, 0.1) is 0 Å². The number of nitrogens with two attached hydrogens (primary N) is 1. The summed E-state index contributed by atoms with van der Waals surface area (Å²) >= 11 is 0. The Hall–Kier alpha value is -2.43. The van der Waals surface area contributed by atoms with E-state index in [1.807, 2.05) is 6.92 Å². The van der Waals surface area contributed by atoms with Crippen molar-refractivity contribution < 1.29 is 14.2 Å². The van der Waals surface area contributed by atoms with Crippen molar-refractivity contribution in [3.8, 4) is 23.1 Å². The largest absolute Gasteiger partial charge is 0.495 e. The van der Waals surface area contributed by atoms with Crippen molar-refractivity contribution in [1.82, 2.24) is 4.98 Å². The summed E-state index contributed by atoms with van der Waals surface area (Å²) in [4.78, 5) is 4.15. The average molecular weight is 260 g/mol. The molecule has 0 spiro atoms. The van der Waals surface area contributed by atoms with Gasteiger partial charge in [0.05, 0.1) is 19.4 Å². The zero-order valence-electron chi connectivity index (χ0n) is 10.9. The minimum absolute atomic E-state index is 0.411. The van der Waals surface area contributed by atoms with Crippen LogP contribution in [0.2, 0.25) is 0 Å². The van der Waals surface area contributed by atoms with Gasteiger partial charge in [-0.3, -0.25) is 0 Å². The molecule has 2 aromatic rings. The quantitative estimate of drug-likeness (QED) is 0.837. The molecule has 0 radical (unpaired) electrons. The van der Waals surface area contributed by atoms with Gasteiger partial charge in [-0.15, -0.1) is 0 Å². The minimum Gasteiger partial charge on any atom is -0.495 e. The van der Waals surface area contributed by atoms with Crippen molar-refractivity contribution in [2.75, 3.05) is 19.5 Å². The van der Waals surface area contributed by atoms with E-state index in [-0.39, 0.29) is 0 Å². The van der Waals surface area contributed by atoms with Crippen LogP contribution in [0.4, 0.5) is 5.69 Å². The Morgan fingerprint density at radius 3 is 2.74 bits per heavy atom. The number of rotatable bonds is 5. The lowest BCUT2D eigenvalue weighted by Crippen LogP contribution is -1.97. The number of anilines is 1. The molecule has 0 amide bonds. The first-order chi connectivity index (χ1) is 9.24. The molecule has 0 fully saturated rings. The van der Waals surface area contributed by atoms with Crippen molar-refractivity contribution in [2.45, 2.75) is 6.92 Å². The maximum atomic E-state index is 5.83. The monoisotopic (exact) mass is 260 g/mol. The second-order valence-corrected chi connectivity index (χ2v) is 3.75. The Balaban J connectivity index is 2.23. The molecule has 2 rings (SSSR count). The van der Waals surface area contributed by atoms with Gasteiger partial charge >= 0.3 is 0 Å². The molecule has 0 saturated heterocycles. The predicted octanol–water partition coefficient (Wildman–Crippen LogP) is 2.86. The van der Waals surface area contributed by atoms with E-state index >= 15 is 0 Å². The van der Waals surface area contributed by atoms with Crippen molar-refractivity contribution in [3.05, 3.63) is 36.5 Å². The van der Waals surface area contributed by atoms with E-state index in [0.29, 0.717) is 35.4 Å². The summed E-state index contributed by atoms with van der Waals surface area (Å²) in [5.74, 6) is 2.20. The first-order valence-electron chi connectivity index (χ1n) is 5.93. The van der Waals surface area contributed by atoms with Crippen LogP contribution in [0.1, 0.15) is 6.92 Å². The number of nitrogens with zero attached hydrogens (tertiary/aromatic N) is 1. The maximum absolute atomic E-state index is 5.83. The number of aromatic nitrogens is 1. The Labute approximate surface area is 111 Å². The second-order valence-electron chi connectivity index (χ2n) is 3.75. The third-order valence-electron chi connectivity index (χ3n) is 2.45. The standard InChI is InChI=1S/C14H16N2O3/c1-3-18-13-5-4-8-16-14(13)19-10-6-7-12(17-2)11(15)9-10/h4-9H,3,15H2,1-2H3. The lowest BCUT2D eigenvalue weighted by atomic mass is 10.3. The molecule has 1 aromatic carbocycles. The van der Waals surface area contributed by atoms with Gasteiger partial charge in [-0.25, -0.2) is 4.98 Å². The number of hydrogen-bond acceptors (Lipinski definition) is 5. The molecule has 0 unspecified atom stereocenters. The first-order valence-corrected chi connectivity index (χ1v) is 5.93. The molecule has 0 atom stereocenters. The number of ether oxygens (including phenoxy) is 3. The molecule has 0 aliphatic heterocycles. The van der Waals surface area contributed by atoms with Crippen molar-refractivity contribution in [2.24, 2.45) is 0 Å². The molecule has 1 heterocycles. The highest BCUT2D eigenvalue weighted by atomic mass is 16.5. The smallest absolute Gasteiger partial charge is 0.262 e. The molecule has 1 aromatic heterocycles. The summed E-state index contributed by atoms with van der Waals surface area (Å²) in [6, 6.07) is 8.79. The molecular formula is C14H16N2O3. The third kappa shape index (κ3) is 3.07. The number of hydrogen-bond donors (Lipinski definition) is 1. The molecule has 0 saturated carbocycles. The average Bonchev–Trinajstić information content (AvgIpc) is 2.41. The van der Waals surface area contributed by atoms with E-state index < -0.39 is 0 Å². The zero-order valence-corrected chi connectivity index (χ0v) is 10.9. The van der Waals surface area contributed by atoms with Gasteiger partial charge in [-0.1, -0.05) is 0 Å². The topological polar surface area (TPSA) is 66.6 Å². The van der Waals surface area contributed by atoms with Crippen LogP contribution in [0.15, 0.2) is 36.5 Å². The fourth-order valence-electron chi connectivity index (χ4n) is 1.61. The minimum atomic E-state index is 0.411. The third-order valence-corrected chi connectivity index (χ3v) is 2.45. The Bertz CT molecular complexity index is 558. The van der Waals surface area contributed by atoms with Gasteiger partial charge in [0.1, 0.15) is 11.5 Å². The molecule has 0 aliphatic carbocycles.